The molecule has 0 bridgehead atoms. The van der Waals surface area contributed by atoms with Crippen molar-refractivity contribution < 1.29 is 0 Å². The first-order valence-electron chi connectivity index (χ1n) is 2.41. The maximum absolute atomic E-state index is 3.66. The van der Waals surface area contributed by atoms with Gasteiger partial charge in [0.2, 0.25) is 0 Å². The summed E-state index contributed by atoms with van der Waals surface area (Å²) in [6.45, 7) is 7.87. The van der Waals surface area contributed by atoms with Crippen LogP contribution in [0.3, 0.4) is 0 Å². The highest BCUT2D eigenvalue weighted by Crippen LogP contribution is 1.64. The Labute approximate surface area is 39.7 Å². The average Bonchev–Trinajstić information content (AvgIpc) is 1.61. The fourth-order valence-electron chi connectivity index (χ4n) is 0.302. The molecule has 0 rings (SSSR count). The largest absolute Gasteiger partial charge is 0.317 e. The lowest BCUT2D eigenvalue weighted by molar-refractivity contribution is 0.725. The Morgan fingerprint density at radius 2 is 2.33 bits per heavy atom. The van der Waals surface area contributed by atoms with Gasteiger partial charge >= 0.3 is 0 Å². The maximum Gasteiger partial charge on any atom is -0.00490 e. The van der Waals surface area contributed by atoms with E-state index in [0.29, 0.717) is 0 Å². The van der Waals surface area contributed by atoms with Gasteiger partial charge in [-0.15, -0.1) is 0 Å². The second kappa shape index (κ2) is 4.96. The summed E-state index contributed by atoms with van der Waals surface area (Å²) >= 11 is 0. The zero-order chi connectivity index (χ0) is 4.83. The third kappa shape index (κ3) is 3.96. The van der Waals surface area contributed by atoms with E-state index in [-0.39, 0.29) is 0 Å². The van der Waals surface area contributed by atoms with E-state index in [1.165, 1.54) is 0 Å². The molecule has 37 valence electrons. The first kappa shape index (κ1) is 5.96. The maximum atomic E-state index is 3.66. The minimum absolute atomic E-state index is 0.994. The molecule has 0 aromatic carbocycles. The van der Waals surface area contributed by atoms with Gasteiger partial charge in [0.15, 0.2) is 0 Å². The van der Waals surface area contributed by atoms with Gasteiger partial charge < -0.3 is 5.32 Å². The molecule has 0 saturated carbocycles. The Balaban J connectivity index is 2.34. The average molecular weight is 86.2 g/mol. The molecule has 0 aliphatic carbocycles. The highest BCUT2D eigenvalue weighted by molar-refractivity contribution is 4.42. The van der Waals surface area contributed by atoms with Crippen molar-refractivity contribution in [2.24, 2.45) is 0 Å². The minimum atomic E-state index is 0.994. The molecule has 1 radical (unpaired) electrons. The summed E-state index contributed by atoms with van der Waals surface area (Å²) in [5.74, 6) is 0. The highest BCUT2D eigenvalue weighted by atomic mass is 14.8. The van der Waals surface area contributed by atoms with Crippen LogP contribution in [0.1, 0.15) is 13.3 Å². The molecule has 0 aromatic heterocycles. The Hall–Kier alpha value is -0.0400. The predicted molar refractivity (Wildman–Crippen MR) is 28.5 cm³/mol. The second-order valence-corrected chi connectivity index (χ2v) is 1.21. The molecule has 0 fully saturated rings. The summed E-state index contributed by atoms with van der Waals surface area (Å²) in [5, 5.41) is 3.14. The monoisotopic (exact) mass is 86.1 g/mol. The van der Waals surface area contributed by atoms with Gasteiger partial charge in [0, 0.05) is 0 Å². The number of hydrogen-bond donors (Lipinski definition) is 1. The van der Waals surface area contributed by atoms with Crippen LogP contribution in [-0.4, -0.2) is 13.1 Å². The Bertz CT molecular complexity index is 15.9. The lowest BCUT2D eigenvalue weighted by atomic mass is 10.5. The number of rotatable bonds is 3. The van der Waals surface area contributed by atoms with Crippen molar-refractivity contribution in [3.63, 3.8) is 0 Å². The van der Waals surface area contributed by atoms with Crippen LogP contribution in [0.25, 0.3) is 0 Å². The molecular formula is C5H12N. The Morgan fingerprint density at radius 3 is 2.50 bits per heavy atom. The highest BCUT2D eigenvalue weighted by Gasteiger charge is 1.71. The van der Waals surface area contributed by atoms with Crippen molar-refractivity contribution in [3.8, 4) is 0 Å². The molecule has 0 aromatic rings. The molecule has 0 unspecified atom stereocenters. The summed E-state index contributed by atoms with van der Waals surface area (Å²) in [4.78, 5) is 0. The molecule has 6 heavy (non-hydrogen) atoms. The molecular weight excluding hydrogens is 74.1 g/mol. The van der Waals surface area contributed by atoms with Crippen molar-refractivity contribution in [1.29, 1.82) is 0 Å². The van der Waals surface area contributed by atoms with E-state index >= 15 is 0 Å². The Morgan fingerprint density at radius 1 is 1.67 bits per heavy atom. The molecule has 0 amide bonds. The number of hydrogen-bond acceptors (Lipinski definition) is 1. The van der Waals surface area contributed by atoms with E-state index in [2.05, 4.69) is 19.2 Å². The third-order valence-corrected chi connectivity index (χ3v) is 0.604. The van der Waals surface area contributed by atoms with E-state index in [1.807, 2.05) is 0 Å². The fraction of sp³-hybridized carbons (Fsp3) is 0.800. The van der Waals surface area contributed by atoms with Crippen molar-refractivity contribution in [3.05, 3.63) is 6.92 Å². The minimum Gasteiger partial charge on any atom is -0.317 e. The van der Waals surface area contributed by atoms with Crippen LogP contribution in [0.4, 0.5) is 0 Å². The lowest BCUT2D eigenvalue weighted by Crippen LogP contribution is -2.12. The van der Waals surface area contributed by atoms with E-state index < -0.39 is 0 Å². The van der Waals surface area contributed by atoms with E-state index in [9.17, 15) is 0 Å². The van der Waals surface area contributed by atoms with Crippen LogP contribution in [-0.2, 0) is 0 Å². The van der Waals surface area contributed by atoms with Crippen LogP contribution >= 0.6 is 0 Å². The zero-order valence-corrected chi connectivity index (χ0v) is 4.33. The van der Waals surface area contributed by atoms with Crippen molar-refractivity contribution in [2.75, 3.05) is 13.1 Å². The predicted octanol–water partition coefficient (Wildman–Crippen LogP) is 0.820. The van der Waals surface area contributed by atoms with E-state index in [0.717, 1.165) is 19.5 Å². The van der Waals surface area contributed by atoms with Gasteiger partial charge in [-0.1, -0.05) is 13.8 Å². The molecule has 1 heteroatoms. The first-order chi connectivity index (χ1) is 2.91. The summed E-state index contributed by atoms with van der Waals surface area (Å²) in [6.07, 6.45) is 0.994. The van der Waals surface area contributed by atoms with Gasteiger partial charge in [-0.2, -0.15) is 0 Å². The van der Waals surface area contributed by atoms with Gasteiger partial charge in [0.05, 0.1) is 0 Å². The molecule has 0 saturated heterocycles. The standard InChI is InChI=1S/C5H12N/c1-3-5-6-4-2/h6H,1,3-5H2,2H3. The van der Waals surface area contributed by atoms with Crippen LogP contribution in [0, 0.1) is 6.92 Å². The smallest absolute Gasteiger partial charge is 0.00490 e. The first-order valence-corrected chi connectivity index (χ1v) is 2.41. The van der Waals surface area contributed by atoms with Crippen LogP contribution in [0.2, 0.25) is 0 Å². The van der Waals surface area contributed by atoms with Gasteiger partial charge in [-0.05, 0) is 19.5 Å². The molecule has 0 heterocycles. The van der Waals surface area contributed by atoms with Crippen LogP contribution < -0.4 is 5.32 Å². The van der Waals surface area contributed by atoms with Gasteiger partial charge in [-0.25, -0.2) is 0 Å². The van der Waals surface area contributed by atoms with Crippen LogP contribution in [0.5, 0.6) is 0 Å². The molecule has 1 N–H and O–H groups in total. The molecule has 1 nitrogen and oxygen atoms in total. The molecule has 0 spiro atoms. The molecule has 0 aliphatic heterocycles. The van der Waals surface area contributed by atoms with Gasteiger partial charge in [0.1, 0.15) is 0 Å². The molecule has 0 atom stereocenters. The fourth-order valence-corrected chi connectivity index (χ4v) is 0.302. The SMILES string of the molecule is [CH2]CCNCC. The van der Waals surface area contributed by atoms with Crippen molar-refractivity contribution in [2.45, 2.75) is 13.3 Å². The summed E-state index contributed by atoms with van der Waals surface area (Å²) in [5.41, 5.74) is 0. The van der Waals surface area contributed by atoms with Crippen molar-refractivity contribution in [1.82, 2.24) is 5.32 Å². The number of nitrogens with one attached hydrogen (secondary N) is 1. The summed E-state index contributed by atoms with van der Waals surface area (Å²) < 4.78 is 0. The lowest BCUT2D eigenvalue weighted by Gasteiger charge is -1.91. The van der Waals surface area contributed by atoms with E-state index in [1.54, 1.807) is 0 Å². The quantitative estimate of drug-likeness (QED) is 0.501. The van der Waals surface area contributed by atoms with Gasteiger partial charge in [-0.3, -0.25) is 0 Å². The molecule has 0 aliphatic rings. The topological polar surface area (TPSA) is 12.0 Å². The zero-order valence-electron chi connectivity index (χ0n) is 4.33. The normalized spacial score (nSPS) is 9.00. The second-order valence-electron chi connectivity index (χ2n) is 1.21. The van der Waals surface area contributed by atoms with E-state index in [4.69, 9.17) is 0 Å². The Kier molecular flexibility index (Phi) is 4.93. The van der Waals surface area contributed by atoms with Gasteiger partial charge in [0.25, 0.3) is 0 Å². The third-order valence-electron chi connectivity index (χ3n) is 0.604. The van der Waals surface area contributed by atoms with Crippen molar-refractivity contribution >= 4 is 0 Å². The summed E-state index contributed by atoms with van der Waals surface area (Å²) in [7, 11) is 0. The summed E-state index contributed by atoms with van der Waals surface area (Å²) in [6, 6.07) is 0. The van der Waals surface area contributed by atoms with Crippen LogP contribution in [0.15, 0.2) is 0 Å².